The average molecular weight is 171 g/mol. The molecule has 0 aromatic heterocycles. The van der Waals surface area contributed by atoms with Crippen LogP contribution in [0.4, 0.5) is 5.69 Å². The fraction of sp³-hybridized carbons (Fsp3) is 0.167. The van der Waals surface area contributed by atoms with Gasteiger partial charge in [-0.15, -0.1) is 4.90 Å². The molecule has 0 bridgehead atoms. The summed E-state index contributed by atoms with van der Waals surface area (Å²) in [6.45, 7) is 0. The van der Waals surface area contributed by atoms with Crippen LogP contribution >= 0.6 is 0 Å². The van der Waals surface area contributed by atoms with Crippen LogP contribution in [0, 0.1) is 0 Å². The van der Waals surface area contributed by atoms with E-state index in [4.69, 9.17) is 0 Å². The van der Waals surface area contributed by atoms with Gasteiger partial charge in [-0.25, -0.2) is 0 Å². The molecule has 2 rings (SSSR count). The quantitative estimate of drug-likeness (QED) is 0.582. The molecule has 1 radical (unpaired) electrons. The Labute approximate surface area is 78.6 Å². The summed E-state index contributed by atoms with van der Waals surface area (Å²) in [5.41, 5.74) is 1.28. The van der Waals surface area contributed by atoms with Crippen molar-refractivity contribution in [2.75, 3.05) is 14.1 Å². The van der Waals surface area contributed by atoms with Gasteiger partial charge >= 0.3 is 0 Å². The lowest BCUT2D eigenvalue weighted by atomic mass is 10.1. The Bertz CT molecular complexity index is 413. The molecule has 2 aromatic rings. The van der Waals surface area contributed by atoms with Crippen LogP contribution in [-0.4, -0.2) is 14.1 Å². The third-order valence-corrected chi connectivity index (χ3v) is 2.25. The van der Waals surface area contributed by atoms with Gasteiger partial charge in [0.05, 0.1) is 0 Å². The maximum absolute atomic E-state index is 2.16. The van der Waals surface area contributed by atoms with Crippen molar-refractivity contribution in [3.8, 4) is 0 Å². The van der Waals surface area contributed by atoms with Gasteiger partial charge in [0, 0.05) is 11.5 Å². The number of benzene rings is 2. The van der Waals surface area contributed by atoms with E-state index in [-0.39, 0.29) is 0 Å². The SMILES string of the molecule is C[N+](C)c1cccc2ccccc12. The summed E-state index contributed by atoms with van der Waals surface area (Å²) in [6.07, 6.45) is 0. The minimum Gasteiger partial charge on any atom is -0.139 e. The Kier molecular flexibility index (Phi) is 2.03. The second-order valence-electron chi connectivity index (χ2n) is 3.39. The number of fused-ring (bicyclic) bond motifs is 1. The van der Waals surface area contributed by atoms with Gasteiger partial charge in [0.15, 0.2) is 5.69 Å². The van der Waals surface area contributed by atoms with E-state index >= 15 is 0 Å². The largest absolute Gasteiger partial charge is 0.188 e. The van der Waals surface area contributed by atoms with Gasteiger partial charge in [-0.3, -0.25) is 0 Å². The number of hydrogen-bond donors (Lipinski definition) is 0. The third kappa shape index (κ3) is 1.43. The lowest BCUT2D eigenvalue weighted by Gasteiger charge is -2.03. The summed E-state index contributed by atoms with van der Waals surface area (Å²) >= 11 is 0. The highest BCUT2D eigenvalue weighted by atomic mass is 15.1. The molecule has 0 amide bonds. The first-order chi connectivity index (χ1) is 6.29. The van der Waals surface area contributed by atoms with Crippen molar-refractivity contribution in [2.45, 2.75) is 0 Å². The van der Waals surface area contributed by atoms with Crippen molar-refractivity contribution in [3.63, 3.8) is 0 Å². The van der Waals surface area contributed by atoms with Crippen LogP contribution in [0.3, 0.4) is 0 Å². The zero-order valence-corrected chi connectivity index (χ0v) is 7.99. The van der Waals surface area contributed by atoms with Crippen molar-refractivity contribution >= 4 is 16.5 Å². The standard InChI is InChI=1S/C12H13N/c1-13(2)12-9-5-7-10-6-3-4-8-11(10)12/h3-9H,1-2H3/q+1. The van der Waals surface area contributed by atoms with Gasteiger partial charge in [-0.05, 0) is 11.5 Å². The lowest BCUT2D eigenvalue weighted by Crippen LogP contribution is -2.10. The summed E-state index contributed by atoms with van der Waals surface area (Å²) in [5, 5.41) is 2.61. The summed E-state index contributed by atoms with van der Waals surface area (Å²) in [5.74, 6) is 0. The molecule has 0 aliphatic rings. The molecule has 0 spiro atoms. The number of anilines is 1. The summed E-state index contributed by atoms with van der Waals surface area (Å²) < 4.78 is 0. The predicted octanol–water partition coefficient (Wildman–Crippen LogP) is 2.87. The van der Waals surface area contributed by atoms with Crippen molar-refractivity contribution in [1.82, 2.24) is 4.90 Å². The highest BCUT2D eigenvalue weighted by Crippen LogP contribution is 2.24. The lowest BCUT2D eigenvalue weighted by molar-refractivity contribution is 0.768. The highest BCUT2D eigenvalue weighted by molar-refractivity contribution is 5.92. The van der Waals surface area contributed by atoms with Gasteiger partial charge in [0.2, 0.25) is 0 Å². The molecule has 0 atom stereocenters. The molecule has 0 saturated carbocycles. The van der Waals surface area contributed by atoms with E-state index in [1.807, 2.05) is 0 Å². The Balaban J connectivity index is 2.76. The van der Waals surface area contributed by atoms with Crippen molar-refractivity contribution < 1.29 is 0 Å². The topological polar surface area (TPSA) is 5.90 Å². The first-order valence-electron chi connectivity index (χ1n) is 4.44. The minimum atomic E-state index is 1.28. The van der Waals surface area contributed by atoms with Crippen LogP contribution in [0.2, 0.25) is 0 Å². The summed E-state index contributed by atoms with van der Waals surface area (Å²) in [6, 6.07) is 14.8. The summed E-state index contributed by atoms with van der Waals surface area (Å²) in [7, 11) is 4.14. The average Bonchev–Trinajstić information content (AvgIpc) is 2.17. The van der Waals surface area contributed by atoms with Gasteiger partial charge in [0.1, 0.15) is 14.1 Å². The molecule has 0 saturated heterocycles. The number of nitrogens with zero attached hydrogens (tertiary/aromatic N) is 1. The van der Waals surface area contributed by atoms with E-state index in [1.165, 1.54) is 16.5 Å². The molecular formula is C12H13N+. The molecule has 1 heteroatoms. The van der Waals surface area contributed by atoms with Crippen molar-refractivity contribution in [2.24, 2.45) is 0 Å². The van der Waals surface area contributed by atoms with E-state index in [2.05, 4.69) is 61.5 Å². The first kappa shape index (κ1) is 8.27. The Morgan fingerprint density at radius 1 is 0.846 bits per heavy atom. The molecule has 0 aliphatic carbocycles. The Morgan fingerprint density at radius 2 is 1.54 bits per heavy atom. The third-order valence-electron chi connectivity index (χ3n) is 2.25. The van der Waals surface area contributed by atoms with Gasteiger partial charge in [-0.1, -0.05) is 30.3 Å². The fourth-order valence-corrected chi connectivity index (χ4v) is 1.60. The Morgan fingerprint density at radius 3 is 2.31 bits per heavy atom. The molecule has 13 heavy (non-hydrogen) atoms. The first-order valence-corrected chi connectivity index (χ1v) is 4.44. The zero-order chi connectivity index (χ0) is 9.26. The van der Waals surface area contributed by atoms with Crippen LogP contribution in [0.25, 0.3) is 10.8 Å². The van der Waals surface area contributed by atoms with Crippen LogP contribution in [-0.2, 0) is 0 Å². The van der Waals surface area contributed by atoms with Crippen molar-refractivity contribution in [1.29, 1.82) is 0 Å². The van der Waals surface area contributed by atoms with Crippen LogP contribution in [0.5, 0.6) is 0 Å². The maximum Gasteiger partial charge on any atom is 0.188 e. The van der Waals surface area contributed by atoms with E-state index in [1.54, 1.807) is 0 Å². The molecule has 65 valence electrons. The molecule has 0 unspecified atom stereocenters. The van der Waals surface area contributed by atoms with Crippen molar-refractivity contribution in [3.05, 3.63) is 42.5 Å². The fourth-order valence-electron chi connectivity index (χ4n) is 1.60. The second-order valence-corrected chi connectivity index (χ2v) is 3.39. The Hall–Kier alpha value is -1.34. The van der Waals surface area contributed by atoms with Crippen LogP contribution < -0.4 is 4.90 Å². The normalized spacial score (nSPS) is 11.0. The number of rotatable bonds is 1. The number of hydrogen-bond acceptors (Lipinski definition) is 1. The second kappa shape index (κ2) is 3.19. The van der Waals surface area contributed by atoms with Gasteiger partial charge in [0.25, 0.3) is 0 Å². The zero-order valence-electron chi connectivity index (χ0n) is 7.99. The van der Waals surface area contributed by atoms with E-state index < -0.39 is 0 Å². The molecule has 1 nitrogen and oxygen atoms in total. The molecule has 0 N–H and O–H groups in total. The maximum atomic E-state index is 2.16. The molecular weight excluding hydrogens is 158 g/mol. The minimum absolute atomic E-state index is 1.28. The van der Waals surface area contributed by atoms with Gasteiger partial charge < -0.3 is 0 Å². The van der Waals surface area contributed by atoms with Crippen LogP contribution in [0.15, 0.2) is 42.5 Å². The smallest absolute Gasteiger partial charge is 0.139 e. The highest BCUT2D eigenvalue weighted by Gasteiger charge is 2.09. The van der Waals surface area contributed by atoms with E-state index in [0.717, 1.165) is 0 Å². The molecule has 2 aromatic carbocycles. The monoisotopic (exact) mass is 171 g/mol. The summed E-state index contributed by atoms with van der Waals surface area (Å²) in [4.78, 5) is 2.14. The van der Waals surface area contributed by atoms with Gasteiger partial charge in [-0.2, -0.15) is 0 Å². The molecule has 0 heterocycles. The predicted molar refractivity (Wildman–Crippen MR) is 57.6 cm³/mol. The van der Waals surface area contributed by atoms with E-state index in [9.17, 15) is 0 Å². The molecule has 0 aliphatic heterocycles. The van der Waals surface area contributed by atoms with E-state index in [0.29, 0.717) is 0 Å². The van der Waals surface area contributed by atoms with Crippen LogP contribution in [0.1, 0.15) is 0 Å². The molecule has 0 fully saturated rings.